The summed E-state index contributed by atoms with van der Waals surface area (Å²) < 4.78 is 2.81. The lowest BCUT2D eigenvalue weighted by atomic mass is 10.2. The molecule has 2 aromatic rings. The number of carbonyl (C=O) groups excluding carboxylic acids is 1. The van der Waals surface area contributed by atoms with E-state index in [4.69, 9.17) is 0 Å². The van der Waals surface area contributed by atoms with Crippen LogP contribution in [0.15, 0.2) is 22.0 Å². The van der Waals surface area contributed by atoms with E-state index in [0.717, 1.165) is 32.9 Å². The van der Waals surface area contributed by atoms with Crippen molar-refractivity contribution in [2.24, 2.45) is 0 Å². The molecule has 0 bridgehead atoms. The Bertz CT molecular complexity index is 559. The number of aromatic nitrogens is 2. The summed E-state index contributed by atoms with van der Waals surface area (Å²) in [5.74, 6) is 0.117. The second-order valence-corrected chi connectivity index (χ2v) is 6.48. The first-order chi connectivity index (χ1) is 8.63. The molecule has 2 rings (SSSR count). The van der Waals surface area contributed by atoms with E-state index < -0.39 is 0 Å². The molecule has 0 aliphatic heterocycles. The molecule has 0 saturated heterocycles. The molecule has 0 unspecified atom stereocenters. The number of hydrogen-bond acceptors (Lipinski definition) is 3. The second kappa shape index (κ2) is 5.80. The molecule has 0 aromatic carbocycles. The first-order valence-corrected chi connectivity index (χ1v) is 7.59. The monoisotopic (exact) mass is 326 g/mol. The van der Waals surface area contributed by atoms with Crippen LogP contribution in [0, 0.1) is 0 Å². The van der Waals surface area contributed by atoms with Crippen LogP contribution in [0.5, 0.6) is 0 Å². The van der Waals surface area contributed by atoms with Gasteiger partial charge in [0.1, 0.15) is 6.54 Å². The number of nitrogens with zero attached hydrogens (tertiary/aromatic N) is 2. The lowest BCUT2D eigenvalue weighted by Gasteiger charge is -2.03. The van der Waals surface area contributed by atoms with Crippen molar-refractivity contribution in [1.82, 2.24) is 9.78 Å². The fourth-order valence-electron chi connectivity index (χ4n) is 1.79. The van der Waals surface area contributed by atoms with Crippen molar-refractivity contribution in [3.63, 3.8) is 0 Å². The van der Waals surface area contributed by atoms with Gasteiger partial charge in [0, 0.05) is 5.69 Å². The van der Waals surface area contributed by atoms with Gasteiger partial charge in [0.2, 0.25) is 0 Å². The molecular weight excluding hydrogens is 312 g/mol. The summed E-state index contributed by atoms with van der Waals surface area (Å²) in [4.78, 5) is 12.9. The van der Waals surface area contributed by atoms with E-state index in [0.29, 0.717) is 6.54 Å². The minimum absolute atomic E-state index is 0.117. The van der Waals surface area contributed by atoms with Crippen molar-refractivity contribution >= 4 is 33.0 Å². The van der Waals surface area contributed by atoms with Gasteiger partial charge in [-0.05, 0) is 47.0 Å². The van der Waals surface area contributed by atoms with Gasteiger partial charge in [-0.15, -0.1) is 11.3 Å². The number of aryl methyl sites for hydroxylation is 2. The number of rotatable bonds is 5. The Morgan fingerprint density at radius 3 is 2.72 bits per heavy atom. The van der Waals surface area contributed by atoms with Crippen LogP contribution in [0.4, 0.5) is 0 Å². The Morgan fingerprint density at radius 1 is 1.39 bits per heavy atom. The van der Waals surface area contributed by atoms with Gasteiger partial charge in [-0.1, -0.05) is 13.8 Å². The summed E-state index contributed by atoms with van der Waals surface area (Å²) in [6, 6.07) is 5.84. The van der Waals surface area contributed by atoms with E-state index in [1.807, 2.05) is 16.8 Å². The molecule has 96 valence electrons. The van der Waals surface area contributed by atoms with Crippen LogP contribution >= 0.6 is 27.3 Å². The molecule has 0 atom stereocenters. The highest BCUT2D eigenvalue weighted by molar-refractivity contribution is 9.11. The maximum atomic E-state index is 12.1. The van der Waals surface area contributed by atoms with Crippen molar-refractivity contribution in [2.45, 2.75) is 33.2 Å². The topological polar surface area (TPSA) is 34.9 Å². The van der Waals surface area contributed by atoms with E-state index in [1.54, 1.807) is 0 Å². The van der Waals surface area contributed by atoms with Crippen LogP contribution in [-0.4, -0.2) is 15.6 Å². The van der Waals surface area contributed by atoms with Gasteiger partial charge in [-0.2, -0.15) is 5.10 Å². The van der Waals surface area contributed by atoms with Crippen molar-refractivity contribution < 1.29 is 4.79 Å². The molecule has 0 spiro atoms. The van der Waals surface area contributed by atoms with Gasteiger partial charge >= 0.3 is 0 Å². The third kappa shape index (κ3) is 2.90. The summed E-state index contributed by atoms with van der Waals surface area (Å²) >= 11 is 4.84. The first-order valence-electron chi connectivity index (χ1n) is 5.98. The maximum absolute atomic E-state index is 12.1. The van der Waals surface area contributed by atoms with Gasteiger partial charge in [0.05, 0.1) is 14.4 Å². The minimum Gasteiger partial charge on any atom is -0.291 e. The standard InChI is InChI=1S/C13H15BrN2OS/c1-3-9-7-10(4-2)16(15-9)8-11(17)12-5-6-13(14)18-12/h5-7H,3-4,8H2,1-2H3. The third-order valence-electron chi connectivity index (χ3n) is 2.78. The summed E-state index contributed by atoms with van der Waals surface area (Å²) in [6.07, 6.45) is 1.80. The quantitative estimate of drug-likeness (QED) is 0.785. The van der Waals surface area contributed by atoms with Gasteiger partial charge in [0.25, 0.3) is 0 Å². The molecule has 5 heteroatoms. The molecule has 3 nitrogen and oxygen atoms in total. The molecule has 2 heterocycles. The van der Waals surface area contributed by atoms with E-state index in [-0.39, 0.29) is 5.78 Å². The number of thiophene rings is 1. The van der Waals surface area contributed by atoms with Gasteiger partial charge in [0.15, 0.2) is 5.78 Å². The summed E-state index contributed by atoms with van der Waals surface area (Å²) in [5, 5.41) is 4.46. The lowest BCUT2D eigenvalue weighted by Crippen LogP contribution is -2.13. The fraction of sp³-hybridized carbons (Fsp3) is 0.385. The maximum Gasteiger partial charge on any atom is 0.194 e. The van der Waals surface area contributed by atoms with Crippen LogP contribution in [0.2, 0.25) is 0 Å². The highest BCUT2D eigenvalue weighted by Gasteiger charge is 2.13. The fourth-order valence-corrected chi connectivity index (χ4v) is 3.10. The van der Waals surface area contributed by atoms with Gasteiger partial charge in [-0.25, -0.2) is 0 Å². The molecule has 18 heavy (non-hydrogen) atoms. The molecule has 0 radical (unpaired) electrons. The van der Waals surface area contributed by atoms with Crippen molar-refractivity contribution in [2.75, 3.05) is 0 Å². The second-order valence-electron chi connectivity index (χ2n) is 4.02. The minimum atomic E-state index is 0.117. The Kier molecular flexibility index (Phi) is 4.35. The zero-order valence-electron chi connectivity index (χ0n) is 10.4. The van der Waals surface area contributed by atoms with Crippen LogP contribution in [0.3, 0.4) is 0 Å². The first kappa shape index (κ1) is 13.5. The molecule has 2 aromatic heterocycles. The summed E-state index contributed by atoms with van der Waals surface area (Å²) in [7, 11) is 0. The van der Waals surface area contributed by atoms with E-state index in [2.05, 4.69) is 40.9 Å². The normalized spacial score (nSPS) is 10.8. The third-order valence-corrected chi connectivity index (χ3v) is 4.44. The van der Waals surface area contributed by atoms with E-state index in [1.165, 1.54) is 11.3 Å². The number of carbonyl (C=O) groups is 1. The van der Waals surface area contributed by atoms with Crippen molar-refractivity contribution in [3.8, 4) is 0 Å². The molecule has 0 saturated carbocycles. The van der Waals surface area contributed by atoms with Gasteiger partial charge < -0.3 is 0 Å². The Labute approximate surface area is 119 Å². The van der Waals surface area contributed by atoms with Crippen LogP contribution < -0.4 is 0 Å². The molecular formula is C13H15BrN2OS. The Morgan fingerprint density at radius 2 is 2.17 bits per heavy atom. The highest BCUT2D eigenvalue weighted by atomic mass is 79.9. The van der Waals surface area contributed by atoms with Crippen LogP contribution in [-0.2, 0) is 19.4 Å². The smallest absolute Gasteiger partial charge is 0.194 e. The van der Waals surface area contributed by atoms with E-state index >= 15 is 0 Å². The zero-order valence-corrected chi connectivity index (χ0v) is 12.8. The number of ketones is 1. The SMILES string of the molecule is CCc1cc(CC)n(CC(=O)c2ccc(Br)s2)n1. The van der Waals surface area contributed by atoms with E-state index in [9.17, 15) is 4.79 Å². The molecule has 0 aliphatic rings. The average molecular weight is 327 g/mol. The Balaban J connectivity index is 2.18. The molecule has 0 fully saturated rings. The number of Topliss-reactive ketones (excluding diaryl/α,β-unsaturated/α-hetero) is 1. The Hall–Kier alpha value is -0.940. The number of halogens is 1. The predicted octanol–water partition coefficient (Wildman–Crippen LogP) is 3.71. The average Bonchev–Trinajstić information content (AvgIpc) is 2.95. The van der Waals surface area contributed by atoms with Crippen LogP contribution in [0.25, 0.3) is 0 Å². The summed E-state index contributed by atoms with van der Waals surface area (Å²) in [6.45, 7) is 4.49. The zero-order chi connectivity index (χ0) is 13.1. The van der Waals surface area contributed by atoms with Crippen LogP contribution in [0.1, 0.15) is 34.9 Å². The van der Waals surface area contributed by atoms with Crippen molar-refractivity contribution in [3.05, 3.63) is 38.3 Å². The summed E-state index contributed by atoms with van der Waals surface area (Å²) in [5.41, 5.74) is 2.17. The van der Waals surface area contributed by atoms with Crippen molar-refractivity contribution in [1.29, 1.82) is 0 Å². The largest absolute Gasteiger partial charge is 0.291 e. The molecule has 0 N–H and O–H groups in total. The van der Waals surface area contributed by atoms with Gasteiger partial charge in [-0.3, -0.25) is 9.48 Å². The molecule has 0 aliphatic carbocycles. The lowest BCUT2D eigenvalue weighted by molar-refractivity contribution is 0.0970. The highest BCUT2D eigenvalue weighted by Crippen LogP contribution is 2.23. The predicted molar refractivity (Wildman–Crippen MR) is 77.3 cm³/mol. The molecule has 0 amide bonds. The number of hydrogen-bond donors (Lipinski definition) is 0.